The number of piperazine rings is 1. The summed E-state index contributed by atoms with van der Waals surface area (Å²) < 4.78 is 32.7. The van der Waals surface area contributed by atoms with Crippen molar-refractivity contribution < 1.29 is 12.9 Å². The molecule has 2 aromatic heterocycles. The molecule has 3 heterocycles. The molecule has 1 aromatic carbocycles. The molecular weight excluding hydrogens is 384 g/mol. The first-order valence-corrected chi connectivity index (χ1v) is 10.9. The number of sulfonamides is 1. The molecule has 1 aliphatic heterocycles. The van der Waals surface area contributed by atoms with Gasteiger partial charge in [-0.2, -0.15) is 9.29 Å². The number of benzene rings is 1. The van der Waals surface area contributed by atoms with Crippen LogP contribution in [0.4, 0.5) is 5.95 Å². The van der Waals surface area contributed by atoms with Crippen LogP contribution in [0.5, 0.6) is 0 Å². The molecule has 1 fully saturated rings. The highest BCUT2D eigenvalue weighted by atomic mass is 32.2. The molecule has 4 rings (SSSR count). The van der Waals surface area contributed by atoms with Crippen LogP contribution in [0.2, 0.25) is 0 Å². The summed E-state index contributed by atoms with van der Waals surface area (Å²) in [5, 5.41) is 4.05. The minimum atomic E-state index is -3.46. The highest BCUT2D eigenvalue weighted by molar-refractivity contribution is 7.89. The lowest BCUT2D eigenvalue weighted by atomic mass is 10.2. The smallest absolute Gasteiger partial charge is 0.266 e. The van der Waals surface area contributed by atoms with Crippen LogP contribution in [0.25, 0.3) is 11.5 Å². The molecule has 0 bridgehead atoms. The van der Waals surface area contributed by atoms with Gasteiger partial charge in [0, 0.05) is 41.5 Å². The SMILES string of the molecule is Cc1cc(S(=O)(=O)N2CCN(c3noc(-c4ccccc4)n3)CC2)c(C)s1. The van der Waals surface area contributed by atoms with Crippen LogP contribution in [-0.2, 0) is 10.0 Å². The van der Waals surface area contributed by atoms with Crippen molar-refractivity contribution in [2.24, 2.45) is 0 Å². The van der Waals surface area contributed by atoms with Crippen molar-refractivity contribution in [2.75, 3.05) is 31.1 Å². The van der Waals surface area contributed by atoms with E-state index in [4.69, 9.17) is 4.52 Å². The Bertz CT molecular complexity index is 1040. The van der Waals surface area contributed by atoms with Gasteiger partial charge in [0.2, 0.25) is 10.0 Å². The van der Waals surface area contributed by atoms with Gasteiger partial charge < -0.3 is 9.42 Å². The van der Waals surface area contributed by atoms with E-state index in [1.54, 1.807) is 6.07 Å². The van der Waals surface area contributed by atoms with Gasteiger partial charge in [-0.15, -0.1) is 11.3 Å². The summed E-state index contributed by atoms with van der Waals surface area (Å²) in [5.41, 5.74) is 0.862. The number of thiophene rings is 1. The Morgan fingerprint density at radius 3 is 2.41 bits per heavy atom. The molecule has 1 saturated heterocycles. The second-order valence-electron chi connectivity index (χ2n) is 6.43. The summed E-state index contributed by atoms with van der Waals surface area (Å²) in [5.74, 6) is 0.957. The monoisotopic (exact) mass is 404 g/mol. The standard InChI is InChI=1S/C18H20N4O3S2/c1-13-12-16(14(2)26-13)27(23,24)22-10-8-21(9-11-22)18-19-17(25-20-18)15-6-4-3-5-7-15/h3-7,12H,8-11H2,1-2H3. The highest BCUT2D eigenvalue weighted by Gasteiger charge is 2.31. The average Bonchev–Trinajstić information content (AvgIpc) is 3.29. The van der Waals surface area contributed by atoms with E-state index in [0.29, 0.717) is 42.9 Å². The van der Waals surface area contributed by atoms with Crippen molar-refractivity contribution in [1.29, 1.82) is 0 Å². The fraction of sp³-hybridized carbons (Fsp3) is 0.333. The second-order valence-corrected chi connectivity index (χ2v) is 9.80. The summed E-state index contributed by atoms with van der Waals surface area (Å²) in [6, 6.07) is 11.3. The van der Waals surface area contributed by atoms with E-state index in [1.165, 1.54) is 15.6 Å². The summed E-state index contributed by atoms with van der Waals surface area (Å²) in [6.45, 7) is 5.61. The zero-order valence-electron chi connectivity index (χ0n) is 15.1. The summed E-state index contributed by atoms with van der Waals surface area (Å²) in [6.07, 6.45) is 0. The quantitative estimate of drug-likeness (QED) is 0.665. The Balaban J connectivity index is 1.46. The molecule has 0 aliphatic carbocycles. The molecule has 7 nitrogen and oxygen atoms in total. The number of hydrogen-bond donors (Lipinski definition) is 0. The van der Waals surface area contributed by atoms with Gasteiger partial charge in [-0.25, -0.2) is 8.42 Å². The molecule has 0 spiro atoms. The third kappa shape index (κ3) is 3.50. The van der Waals surface area contributed by atoms with Crippen LogP contribution >= 0.6 is 11.3 Å². The molecule has 0 N–H and O–H groups in total. The van der Waals surface area contributed by atoms with Crippen LogP contribution in [0, 0.1) is 13.8 Å². The Kier molecular flexibility index (Phi) is 4.75. The molecular formula is C18H20N4O3S2. The number of anilines is 1. The third-order valence-electron chi connectivity index (χ3n) is 4.57. The van der Waals surface area contributed by atoms with Crippen LogP contribution < -0.4 is 4.90 Å². The van der Waals surface area contributed by atoms with Gasteiger partial charge in [0.15, 0.2) is 0 Å². The summed E-state index contributed by atoms with van der Waals surface area (Å²) >= 11 is 1.51. The lowest BCUT2D eigenvalue weighted by Gasteiger charge is -2.33. The summed E-state index contributed by atoms with van der Waals surface area (Å²) in [4.78, 5) is 8.66. The topological polar surface area (TPSA) is 79.5 Å². The van der Waals surface area contributed by atoms with Crippen molar-refractivity contribution in [3.63, 3.8) is 0 Å². The molecule has 0 atom stereocenters. The van der Waals surface area contributed by atoms with Crippen molar-refractivity contribution >= 4 is 27.3 Å². The van der Waals surface area contributed by atoms with Crippen molar-refractivity contribution in [3.05, 3.63) is 46.2 Å². The van der Waals surface area contributed by atoms with E-state index in [9.17, 15) is 8.42 Å². The highest BCUT2D eigenvalue weighted by Crippen LogP contribution is 2.29. The van der Waals surface area contributed by atoms with Crippen LogP contribution in [0.1, 0.15) is 9.75 Å². The van der Waals surface area contributed by atoms with Crippen LogP contribution in [0.15, 0.2) is 45.8 Å². The van der Waals surface area contributed by atoms with E-state index in [1.807, 2.05) is 49.1 Å². The Morgan fingerprint density at radius 2 is 1.78 bits per heavy atom. The Hall–Kier alpha value is -2.23. The van der Waals surface area contributed by atoms with Gasteiger partial charge in [0.05, 0.1) is 4.90 Å². The fourth-order valence-corrected chi connectivity index (χ4v) is 6.12. The minimum Gasteiger partial charge on any atom is -0.336 e. The zero-order chi connectivity index (χ0) is 19.0. The minimum absolute atomic E-state index is 0.395. The van der Waals surface area contributed by atoms with Crippen LogP contribution in [0.3, 0.4) is 0 Å². The fourth-order valence-electron chi connectivity index (χ4n) is 3.17. The lowest BCUT2D eigenvalue weighted by molar-refractivity contribution is 0.377. The van der Waals surface area contributed by atoms with E-state index in [2.05, 4.69) is 10.1 Å². The van der Waals surface area contributed by atoms with Gasteiger partial charge in [0.25, 0.3) is 11.8 Å². The molecule has 0 unspecified atom stereocenters. The lowest BCUT2D eigenvalue weighted by Crippen LogP contribution is -2.49. The molecule has 0 amide bonds. The van der Waals surface area contributed by atoms with E-state index in [-0.39, 0.29) is 0 Å². The number of hydrogen-bond acceptors (Lipinski definition) is 7. The van der Waals surface area contributed by atoms with E-state index < -0.39 is 10.0 Å². The van der Waals surface area contributed by atoms with Crippen molar-refractivity contribution in [2.45, 2.75) is 18.7 Å². The molecule has 9 heteroatoms. The van der Waals surface area contributed by atoms with Gasteiger partial charge in [-0.05, 0) is 37.2 Å². The molecule has 27 heavy (non-hydrogen) atoms. The third-order valence-corrected chi connectivity index (χ3v) is 7.69. The molecule has 0 saturated carbocycles. The van der Waals surface area contributed by atoms with Crippen molar-refractivity contribution in [3.8, 4) is 11.5 Å². The second kappa shape index (κ2) is 7.06. The van der Waals surface area contributed by atoms with Gasteiger partial charge in [-0.1, -0.05) is 18.2 Å². The van der Waals surface area contributed by atoms with Gasteiger partial charge >= 0.3 is 0 Å². The predicted molar refractivity (Wildman–Crippen MR) is 104 cm³/mol. The van der Waals surface area contributed by atoms with Gasteiger partial charge in [-0.3, -0.25) is 0 Å². The van der Waals surface area contributed by atoms with E-state index in [0.717, 1.165) is 15.3 Å². The maximum absolute atomic E-state index is 12.9. The maximum Gasteiger partial charge on any atom is 0.266 e. The first kappa shape index (κ1) is 18.1. The Morgan fingerprint density at radius 1 is 1.07 bits per heavy atom. The number of nitrogens with zero attached hydrogens (tertiary/aromatic N) is 4. The van der Waals surface area contributed by atoms with Crippen molar-refractivity contribution in [1.82, 2.24) is 14.4 Å². The molecule has 0 radical (unpaired) electrons. The normalized spacial score (nSPS) is 16.0. The number of aromatic nitrogens is 2. The predicted octanol–water partition coefficient (Wildman–Crippen LogP) is 2.93. The van der Waals surface area contributed by atoms with Crippen LogP contribution in [-0.4, -0.2) is 49.0 Å². The largest absolute Gasteiger partial charge is 0.336 e. The summed E-state index contributed by atoms with van der Waals surface area (Å²) in [7, 11) is -3.46. The first-order chi connectivity index (χ1) is 12.9. The molecule has 142 valence electrons. The Labute approximate surface area is 162 Å². The molecule has 1 aliphatic rings. The van der Waals surface area contributed by atoms with Gasteiger partial charge in [0.1, 0.15) is 0 Å². The number of aryl methyl sites for hydroxylation is 2. The zero-order valence-corrected chi connectivity index (χ0v) is 16.8. The first-order valence-electron chi connectivity index (χ1n) is 8.66. The molecule has 3 aromatic rings. The average molecular weight is 405 g/mol. The number of rotatable bonds is 4. The maximum atomic E-state index is 12.9. The van der Waals surface area contributed by atoms with E-state index >= 15 is 0 Å².